The van der Waals surface area contributed by atoms with Crippen LogP contribution in [-0.4, -0.2) is 16.9 Å². The fourth-order valence-electron chi connectivity index (χ4n) is 1.49. The summed E-state index contributed by atoms with van der Waals surface area (Å²) in [7, 11) is 0. The number of phenols is 1. The van der Waals surface area contributed by atoms with Crippen LogP contribution in [0.25, 0.3) is 0 Å². The fourth-order valence-corrected chi connectivity index (χ4v) is 1.49. The lowest BCUT2D eigenvalue weighted by molar-refractivity contribution is -0.132. The maximum absolute atomic E-state index is 12.7. The van der Waals surface area contributed by atoms with Crippen molar-refractivity contribution >= 4 is 23.2 Å². The number of benzene rings is 2. The molecule has 0 aromatic heterocycles. The van der Waals surface area contributed by atoms with Crippen LogP contribution in [0.5, 0.6) is 5.75 Å². The topological polar surface area (TPSA) is 78.4 Å². The van der Waals surface area contributed by atoms with E-state index in [4.69, 9.17) is 0 Å². The number of amides is 2. The first-order valence-electron chi connectivity index (χ1n) is 5.71. The Kier molecular flexibility index (Phi) is 3.95. The third-order valence-electron chi connectivity index (χ3n) is 2.41. The van der Waals surface area contributed by atoms with E-state index in [-0.39, 0.29) is 5.75 Å². The highest BCUT2D eigenvalue weighted by Gasteiger charge is 2.14. The minimum absolute atomic E-state index is 0.0262. The molecule has 0 heterocycles. The van der Waals surface area contributed by atoms with E-state index < -0.39 is 17.6 Å². The second-order valence-corrected chi connectivity index (χ2v) is 3.97. The molecule has 2 aromatic rings. The highest BCUT2D eigenvalue weighted by Crippen LogP contribution is 2.15. The number of aromatic hydroxyl groups is 1. The maximum Gasteiger partial charge on any atom is 0.314 e. The van der Waals surface area contributed by atoms with Gasteiger partial charge in [0.15, 0.2) is 0 Å². The van der Waals surface area contributed by atoms with Crippen LogP contribution >= 0.6 is 0 Å². The normalized spacial score (nSPS) is 9.85. The number of anilines is 2. The van der Waals surface area contributed by atoms with Crippen molar-refractivity contribution in [2.45, 2.75) is 0 Å². The summed E-state index contributed by atoms with van der Waals surface area (Å²) >= 11 is 0. The fraction of sp³-hybridized carbons (Fsp3) is 0. The van der Waals surface area contributed by atoms with E-state index in [1.165, 1.54) is 48.5 Å². The van der Waals surface area contributed by atoms with Gasteiger partial charge in [0, 0.05) is 17.4 Å². The van der Waals surface area contributed by atoms with E-state index in [0.29, 0.717) is 11.4 Å². The molecule has 0 unspecified atom stereocenters. The summed E-state index contributed by atoms with van der Waals surface area (Å²) in [6, 6.07) is 10.8. The zero-order valence-electron chi connectivity index (χ0n) is 10.3. The third-order valence-corrected chi connectivity index (χ3v) is 2.41. The van der Waals surface area contributed by atoms with E-state index >= 15 is 0 Å². The Morgan fingerprint density at radius 2 is 1.50 bits per heavy atom. The number of halogens is 1. The number of phenolic OH excluding ortho intramolecular Hbond substituents is 1. The lowest BCUT2D eigenvalue weighted by Gasteiger charge is -2.06. The van der Waals surface area contributed by atoms with Gasteiger partial charge >= 0.3 is 11.8 Å². The summed E-state index contributed by atoms with van der Waals surface area (Å²) in [5.74, 6) is -2.24. The van der Waals surface area contributed by atoms with Gasteiger partial charge in [-0.1, -0.05) is 6.07 Å². The average molecular weight is 274 g/mol. The lowest BCUT2D eigenvalue weighted by atomic mass is 10.3. The zero-order chi connectivity index (χ0) is 14.5. The molecule has 0 aliphatic heterocycles. The van der Waals surface area contributed by atoms with Gasteiger partial charge in [-0.05, 0) is 36.4 Å². The van der Waals surface area contributed by atoms with Crippen molar-refractivity contribution in [3.05, 3.63) is 54.3 Å². The first-order chi connectivity index (χ1) is 9.54. The van der Waals surface area contributed by atoms with Gasteiger partial charge in [-0.2, -0.15) is 0 Å². The predicted molar refractivity (Wildman–Crippen MR) is 71.8 cm³/mol. The number of nitrogens with one attached hydrogen (secondary N) is 2. The molecule has 2 aromatic carbocycles. The van der Waals surface area contributed by atoms with Gasteiger partial charge in [0.1, 0.15) is 11.6 Å². The van der Waals surface area contributed by atoms with Crippen molar-refractivity contribution < 1.29 is 19.1 Å². The minimum Gasteiger partial charge on any atom is -0.508 e. The van der Waals surface area contributed by atoms with Crippen LogP contribution in [-0.2, 0) is 9.59 Å². The Balaban J connectivity index is 1.98. The van der Waals surface area contributed by atoms with E-state index in [1.807, 2.05) is 0 Å². The van der Waals surface area contributed by atoms with Crippen molar-refractivity contribution in [3.8, 4) is 5.75 Å². The number of hydrogen-bond acceptors (Lipinski definition) is 3. The average Bonchev–Trinajstić information content (AvgIpc) is 2.41. The van der Waals surface area contributed by atoms with Gasteiger partial charge in [0.05, 0.1) is 0 Å². The molecule has 5 nitrogen and oxygen atoms in total. The maximum atomic E-state index is 12.7. The quantitative estimate of drug-likeness (QED) is 0.734. The molecule has 0 saturated heterocycles. The number of rotatable bonds is 2. The molecule has 3 N–H and O–H groups in total. The van der Waals surface area contributed by atoms with Gasteiger partial charge in [-0.25, -0.2) is 4.39 Å². The van der Waals surface area contributed by atoms with Crippen molar-refractivity contribution in [1.29, 1.82) is 0 Å². The second kappa shape index (κ2) is 5.83. The van der Waals surface area contributed by atoms with E-state index in [0.717, 1.165) is 0 Å². The molecule has 0 bridgehead atoms. The van der Waals surface area contributed by atoms with Gasteiger partial charge in [-0.3, -0.25) is 9.59 Å². The van der Waals surface area contributed by atoms with Crippen LogP contribution < -0.4 is 10.6 Å². The van der Waals surface area contributed by atoms with Crippen LogP contribution in [0.15, 0.2) is 48.5 Å². The molecule has 0 fully saturated rings. The molecule has 2 rings (SSSR count). The molecule has 0 spiro atoms. The zero-order valence-corrected chi connectivity index (χ0v) is 10.3. The van der Waals surface area contributed by atoms with Gasteiger partial charge in [0.2, 0.25) is 0 Å². The Labute approximate surface area is 114 Å². The molecular weight excluding hydrogens is 263 g/mol. The minimum atomic E-state index is -0.889. The lowest BCUT2D eigenvalue weighted by Crippen LogP contribution is -2.29. The molecule has 0 atom stereocenters. The highest BCUT2D eigenvalue weighted by molar-refractivity contribution is 6.43. The van der Waals surface area contributed by atoms with Gasteiger partial charge in [0.25, 0.3) is 0 Å². The van der Waals surface area contributed by atoms with Crippen molar-refractivity contribution in [3.63, 3.8) is 0 Å². The van der Waals surface area contributed by atoms with E-state index in [2.05, 4.69) is 10.6 Å². The molecule has 0 aliphatic rings. The van der Waals surface area contributed by atoms with Crippen LogP contribution in [0.2, 0.25) is 0 Å². The largest absolute Gasteiger partial charge is 0.508 e. The standard InChI is InChI=1S/C14H11FN2O3/c15-9-4-6-10(7-5-9)16-13(19)14(20)17-11-2-1-3-12(18)8-11/h1-8,18H,(H,16,19)(H,17,20). The van der Waals surface area contributed by atoms with Crippen molar-refractivity contribution in [2.24, 2.45) is 0 Å². The first-order valence-corrected chi connectivity index (χ1v) is 5.71. The smallest absolute Gasteiger partial charge is 0.314 e. The Hall–Kier alpha value is -2.89. The summed E-state index contributed by atoms with van der Waals surface area (Å²) in [4.78, 5) is 23.2. The van der Waals surface area contributed by atoms with Gasteiger partial charge in [-0.15, -0.1) is 0 Å². The van der Waals surface area contributed by atoms with Crippen molar-refractivity contribution in [1.82, 2.24) is 0 Å². The monoisotopic (exact) mass is 274 g/mol. The first kappa shape index (κ1) is 13.5. The van der Waals surface area contributed by atoms with E-state index in [9.17, 15) is 19.1 Å². The number of hydrogen-bond donors (Lipinski definition) is 3. The summed E-state index contributed by atoms with van der Waals surface area (Å²) in [5, 5.41) is 13.9. The summed E-state index contributed by atoms with van der Waals surface area (Å²) in [6.07, 6.45) is 0. The predicted octanol–water partition coefficient (Wildman–Crippen LogP) is 2.11. The molecule has 6 heteroatoms. The molecule has 20 heavy (non-hydrogen) atoms. The molecule has 0 saturated carbocycles. The molecule has 0 aliphatic carbocycles. The van der Waals surface area contributed by atoms with Gasteiger partial charge < -0.3 is 15.7 Å². The number of carbonyl (C=O) groups is 2. The summed E-state index contributed by atoms with van der Waals surface area (Å²) in [5.41, 5.74) is 0.603. The Morgan fingerprint density at radius 1 is 0.900 bits per heavy atom. The third kappa shape index (κ3) is 3.55. The summed E-state index contributed by atoms with van der Waals surface area (Å²) in [6.45, 7) is 0. The Morgan fingerprint density at radius 3 is 2.10 bits per heavy atom. The van der Waals surface area contributed by atoms with E-state index in [1.54, 1.807) is 0 Å². The summed E-state index contributed by atoms with van der Waals surface area (Å²) < 4.78 is 12.7. The molecule has 102 valence electrons. The van der Waals surface area contributed by atoms with Crippen LogP contribution in [0.4, 0.5) is 15.8 Å². The molecule has 0 radical (unpaired) electrons. The molecule has 2 amide bonds. The number of carbonyl (C=O) groups excluding carboxylic acids is 2. The highest BCUT2D eigenvalue weighted by atomic mass is 19.1. The molecular formula is C14H11FN2O3. The van der Waals surface area contributed by atoms with Crippen LogP contribution in [0.3, 0.4) is 0 Å². The van der Waals surface area contributed by atoms with Crippen LogP contribution in [0, 0.1) is 5.82 Å². The Bertz CT molecular complexity index is 641. The second-order valence-electron chi connectivity index (χ2n) is 3.97. The van der Waals surface area contributed by atoms with Crippen LogP contribution in [0.1, 0.15) is 0 Å². The SMILES string of the molecule is O=C(Nc1ccc(F)cc1)C(=O)Nc1cccc(O)c1. The van der Waals surface area contributed by atoms with Crippen molar-refractivity contribution in [2.75, 3.05) is 10.6 Å².